The van der Waals surface area contributed by atoms with Crippen LogP contribution in [0.25, 0.3) is 0 Å². The van der Waals surface area contributed by atoms with E-state index in [2.05, 4.69) is 25.4 Å². The molecule has 18 heavy (non-hydrogen) atoms. The van der Waals surface area contributed by atoms with Gasteiger partial charge in [-0.05, 0) is 13.0 Å². The number of rotatable bonds is 4. The fraction of sp³-hybridized carbons (Fsp3) is 0.182. The lowest BCUT2D eigenvalue weighted by Gasteiger charge is -2.09. The number of carbonyl (C=O) groups excluding carboxylic acids is 1. The number of hydrazine groups is 1. The number of hydrogen-bond donors (Lipinski definition) is 3. The van der Waals surface area contributed by atoms with Crippen LogP contribution in [0.2, 0.25) is 0 Å². The van der Waals surface area contributed by atoms with Crippen LogP contribution in [0.15, 0.2) is 29.1 Å². The number of hydrogen-bond acceptors (Lipinski definition) is 6. The maximum atomic E-state index is 11.9. The highest BCUT2D eigenvalue weighted by molar-refractivity contribution is 5.99. The predicted octanol–water partition coefficient (Wildman–Crippen LogP) is 0.594. The van der Waals surface area contributed by atoms with Crippen molar-refractivity contribution in [2.24, 2.45) is 5.84 Å². The standard InChI is InChI=1S/C11H13N5O2/c1-7-4-10(15-12)9(6-13-7)11(17)14-5-8-2-3-18-16-8/h2-4,6H,5,12H2,1H3,(H,13,15)(H,14,17). The second kappa shape index (κ2) is 5.28. The van der Waals surface area contributed by atoms with Crippen LogP contribution in [0.3, 0.4) is 0 Å². The number of amides is 1. The fourth-order valence-electron chi connectivity index (χ4n) is 1.45. The molecule has 0 bridgehead atoms. The number of nitrogens with two attached hydrogens (primary N) is 1. The number of aryl methyl sites for hydroxylation is 1. The minimum absolute atomic E-state index is 0.279. The number of nitrogen functional groups attached to an aromatic ring is 1. The van der Waals surface area contributed by atoms with Gasteiger partial charge >= 0.3 is 0 Å². The number of nitrogens with one attached hydrogen (secondary N) is 2. The molecule has 0 atom stereocenters. The zero-order chi connectivity index (χ0) is 13.0. The monoisotopic (exact) mass is 247 g/mol. The van der Waals surface area contributed by atoms with Crippen molar-refractivity contribution in [3.63, 3.8) is 0 Å². The number of nitrogens with zero attached hydrogens (tertiary/aromatic N) is 2. The van der Waals surface area contributed by atoms with Gasteiger partial charge in [0.1, 0.15) is 12.0 Å². The van der Waals surface area contributed by atoms with E-state index in [0.29, 0.717) is 16.9 Å². The highest BCUT2D eigenvalue weighted by Crippen LogP contribution is 2.14. The zero-order valence-corrected chi connectivity index (χ0v) is 9.80. The Hall–Kier alpha value is -2.41. The molecule has 0 aliphatic carbocycles. The third-order valence-electron chi connectivity index (χ3n) is 2.36. The van der Waals surface area contributed by atoms with Crippen LogP contribution in [0.1, 0.15) is 21.7 Å². The molecule has 0 aromatic carbocycles. The van der Waals surface area contributed by atoms with E-state index in [9.17, 15) is 4.79 Å². The topological polar surface area (TPSA) is 106 Å². The van der Waals surface area contributed by atoms with E-state index in [0.717, 1.165) is 5.69 Å². The molecule has 2 rings (SSSR count). The summed E-state index contributed by atoms with van der Waals surface area (Å²) in [6, 6.07) is 3.38. The van der Waals surface area contributed by atoms with E-state index in [1.54, 1.807) is 12.1 Å². The summed E-state index contributed by atoms with van der Waals surface area (Å²) in [6.07, 6.45) is 2.92. The molecule has 0 saturated carbocycles. The van der Waals surface area contributed by atoms with Gasteiger partial charge in [0.15, 0.2) is 0 Å². The highest BCUT2D eigenvalue weighted by atomic mass is 16.5. The van der Waals surface area contributed by atoms with E-state index in [1.807, 2.05) is 6.92 Å². The molecule has 7 heteroatoms. The van der Waals surface area contributed by atoms with E-state index in [1.165, 1.54) is 12.5 Å². The van der Waals surface area contributed by atoms with Crippen LogP contribution >= 0.6 is 0 Å². The molecule has 0 aliphatic rings. The molecule has 2 heterocycles. The molecule has 7 nitrogen and oxygen atoms in total. The summed E-state index contributed by atoms with van der Waals surface area (Å²) in [5.74, 6) is 5.08. The highest BCUT2D eigenvalue weighted by Gasteiger charge is 2.12. The molecular formula is C11H13N5O2. The van der Waals surface area contributed by atoms with Crippen LogP contribution in [-0.2, 0) is 6.54 Å². The smallest absolute Gasteiger partial charge is 0.255 e. The Morgan fingerprint density at radius 3 is 3.06 bits per heavy atom. The molecule has 4 N–H and O–H groups in total. The first-order valence-corrected chi connectivity index (χ1v) is 5.31. The van der Waals surface area contributed by atoms with Crippen molar-refractivity contribution in [1.82, 2.24) is 15.5 Å². The first-order chi connectivity index (χ1) is 8.70. The van der Waals surface area contributed by atoms with E-state index in [4.69, 9.17) is 5.84 Å². The Morgan fingerprint density at radius 1 is 1.56 bits per heavy atom. The third kappa shape index (κ3) is 2.64. The molecule has 2 aromatic rings. The number of anilines is 1. The van der Waals surface area contributed by atoms with Crippen molar-refractivity contribution in [2.45, 2.75) is 13.5 Å². The first kappa shape index (κ1) is 12.1. The summed E-state index contributed by atoms with van der Waals surface area (Å²) in [6.45, 7) is 2.10. The summed E-state index contributed by atoms with van der Waals surface area (Å²) in [4.78, 5) is 16.0. The van der Waals surface area contributed by atoms with Gasteiger partial charge in [-0.15, -0.1) is 0 Å². The fourth-order valence-corrected chi connectivity index (χ4v) is 1.45. The lowest BCUT2D eigenvalue weighted by atomic mass is 10.2. The average molecular weight is 247 g/mol. The van der Waals surface area contributed by atoms with E-state index in [-0.39, 0.29) is 12.5 Å². The molecule has 0 aliphatic heterocycles. The van der Waals surface area contributed by atoms with Gasteiger partial charge < -0.3 is 15.3 Å². The number of aromatic nitrogens is 2. The van der Waals surface area contributed by atoms with Gasteiger partial charge in [-0.2, -0.15) is 0 Å². The van der Waals surface area contributed by atoms with Gasteiger partial charge in [-0.1, -0.05) is 5.16 Å². The minimum atomic E-state index is -0.279. The minimum Gasteiger partial charge on any atom is -0.364 e. The maximum Gasteiger partial charge on any atom is 0.255 e. The maximum absolute atomic E-state index is 11.9. The molecule has 2 aromatic heterocycles. The van der Waals surface area contributed by atoms with Crippen molar-refractivity contribution in [3.05, 3.63) is 41.5 Å². The normalized spacial score (nSPS) is 10.1. The summed E-state index contributed by atoms with van der Waals surface area (Å²) in [5.41, 5.74) is 4.80. The molecule has 0 saturated heterocycles. The lowest BCUT2D eigenvalue weighted by Crippen LogP contribution is -2.25. The lowest BCUT2D eigenvalue weighted by molar-refractivity contribution is 0.0950. The van der Waals surface area contributed by atoms with Crippen molar-refractivity contribution < 1.29 is 9.32 Å². The molecule has 0 fully saturated rings. The van der Waals surface area contributed by atoms with Gasteiger partial charge in [0.25, 0.3) is 5.91 Å². The zero-order valence-electron chi connectivity index (χ0n) is 9.80. The molecule has 1 amide bonds. The van der Waals surface area contributed by atoms with Gasteiger partial charge in [-0.25, -0.2) is 0 Å². The summed E-state index contributed by atoms with van der Waals surface area (Å²) >= 11 is 0. The molecule has 0 unspecified atom stereocenters. The van der Waals surface area contributed by atoms with Crippen molar-refractivity contribution in [3.8, 4) is 0 Å². The second-order valence-electron chi connectivity index (χ2n) is 3.69. The van der Waals surface area contributed by atoms with Crippen molar-refractivity contribution in [1.29, 1.82) is 0 Å². The van der Waals surface area contributed by atoms with Gasteiger partial charge in [0.2, 0.25) is 0 Å². The average Bonchev–Trinajstić information content (AvgIpc) is 2.88. The van der Waals surface area contributed by atoms with Gasteiger partial charge in [-0.3, -0.25) is 15.6 Å². The summed E-state index contributed by atoms with van der Waals surface area (Å²) in [5, 5.41) is 6.39. The number of pyridine rings is 1. The molecular weight excluding hydrogens is 234 g/mol. The van der Waals surface area contributed by atoms with Gasteiger partial charge in [0.05, 0.1) is 17.8 Å². The Balaban J connectivity index is 2.09. The largest absolute Gasteiger partial charge is 0.364 e. The van der Waals surface area contributed by atoms with Crippen LogP contribution in [0.4, 0.5) is 5.69 Å². The Bertz CT molecular complexity index is 538. The second-order valence-corrected chi connectivity index (χ2v) is 3.69. The van der Waals surface area contributed by atoms with E-state index >= 15 is 0 Å². The molecule has 0 spiro atoms. The molecule has 0 radical (unpaired) electrons. The quantitative estimate of drug-likeness (QED) is 0.539. The predicted molar refractivity (Wildman–Crippen MR) is 64.5 cm³/mol. The van der Waals surface area contributed by atoms with E-state index < -0.39 is 0 Å². The Labute approximate surface area is 103 Å². The summed E-state index contributed by atoms with van der Waals surface area (Å²) in [7, 11) is 0. The van der Waals surface area contributed by atoms with Crippen LogP contribution in [0, 0.1) is 6.92 Å². The van der Waals surface area contributed by atoms with Crippen LogP contribution < -0.4 is 16.6 Å². The molecule has 94 valence electrons. The SMILES string of the molecule is Cc1cc(NN)c(C(=O)NCc2ccon2)cn1. The van der Waals surface area contributed by atoms with Crippen molar-refractivity contribution in [2.75, 3.05) is 5.43 Å². The van der Waals surface area contributed by atoms with Gasteiger partial charge in [0, 0.05) is 18.0 Å². The third-order valence-corrected chi connectivity index (χ3v) is 2.36. The number of carbonyl (C=O) groups is 1. The summed E-state index contributed by atoms with van der Waals surface area (Å²) < 4.78 is 4.67. The Morgan fingerprint density at radius 2 is 2.39 bits per heavy atom. The van der Waals surface area contributed by atoms with Crippen LogP contribution in [-0.4, -0.2) is 16.0 Å². The first-order valence-electron chi connectivity index (χ1n) is 5.31. The van der Waals surface area contributed by atoms with Crippen molar-refractivity contribution >= 4 is 11.6 Å². The van der Waals surface area contributed by atoms with Crippen LogP contribution in [0.5, 0.6) is 0 Å². The Kier molecular flexibility index (Phi) is 3.54.